The van der Waals surface area contributed by atoms with Gasteiger partial charge >= 0.3 is 0 Å². The number of thiazole rings is 1. The van der Waals surface area contributed by atoms with Crippen LogP contribution >= 0.6 is 11.3 Å². The lowest BCUT2D eigenvalue weighted by molar-refractivity contribution is 0.0962. The molecule has 0 fully saturated rings. The van der Waals surface area contributed by atoms with Crippen molar-refractivity contribution in [3.05, 3.63) is 41.7 Å². The quantitative estimate of drug-likeness (QED) is 0.642. The molecule has 0 radical (unpaired) electrons. The molecule has 7 nitrogen and oxygen atoms in total. The van der Waals surface area contributed by atoms with Crippen LogP contribution in [0, 0.1) is 5.82 Å². The maximum Gasteiger partial charge on any atom is 0.269 e. The highest BCUT2D eigenvalue weighted by atomic mass is 32.1. The number of hydrogen-bond donors (Lipinski definition) is 2. The van der Waals surface area contributed by atoms with Crippen molar-refractivity contribution in [3.8, 4) is 17.2 Å². The summed E-state index contributed by atoms with van der Waals surface area (Å²) < 4.78 is 29.6. The van der Waals surface area contributed by atoms with Gasteiger partial charge in [0.2, 0.25) is 10.9 Å². The fraction of sp³-hybridized carbons (Fsp3) is 0.176. The molecule has 1 amide bonds. The molecule has 9 heteroatoms. The lowest BCUT2D eigenvalue weighted by Gasteiger charge is -2.14. The molecule has 0 aliphatic rings. The summed E-state index contributed by atoms with van der Waals surface area (Å²) in [6.45, 7) is 0. The third-order valence-electron chi connectivity index (χ3n) is 3.56. The zero-order valence-electron chi connectivity index (χ0n) is 14.3. The molecule has 0 aliphatic heterocycles. The number of nitrogens with zero attached hydrogens (tertiary/aromatic N) is 1. The number of rotatable bonds is 6. The molecule has 0 bridgehead atoms. The number of hydrogen-bond acceptors (Lipinski definition) is 7. The SMILES string of the molecule is COc1cc(C(=O)NNc2nc3ccc(F)cc3s2)cc(OC)c1OC. The predicted molar refractivity (Wildman–Crippen MR) is 96.8 cm³/mol. The van der Waals surface area contributed by atoms with Crippen molar-refractivity contribution in [1.82, 2.24) is 10.4 Å². The number of methoxy groups -OCH3 is 3. The molecule has 136 valence electrons. The van der Waals surface area contributed by atoms with Crippen LogP contribution in [-0.2, 0) is 0 Å². The molecule has 0 aliphatic carbocycles. The van der Waals surface area contributed by atoms with Crippen molar-refractivity contribution in [3.63, 3.8) is 0 Å². The van der Waals surface area contributed by atoms with Crippen LogP contribution in [-0.4, -0.2) is 32.2 Å². The minimum atomic E-state index is -0.422. The predicted octanol–water partition coefficient (Wildman–Crippen LogP) is 3.22. The van der Waals surface area contributed by atoms with Gasteiger partial charge in [-0.3, -0.25) is 15.6 Å². The van der Waals surface area contributed by atoms with Gasteiger partial charge in [-0.15, -0.1) is 0 Å². The first kappa shape index (κ1) is 17.7. The second kappa shape index (κ2) is 7.44. The summed E-state index contributed by atoms with van der Waals surface area (Å²) in [5.74, 6) is 0.372. The third-order valence-corrected chi connectivity index (χ3v) is 4.49. The van der Waals surface area contributed by atoms with E-state index in [0.29, 0.717) is 38.2 Å². The number of aromatic nitrogens is 1. The molecule has 2 aromatic carbocycles. The molecule has 2 N–H and O–H groups in total. The number of fused-ring (bicyclic) bond motifs is 1. The topological polar surface area (TPSA) is 81.7 Å². The van der Waals surface area contributed by atoms with Crippen molar-refractivity contribution >= 4 is 32.6 Å². The number of hydrazine groups is 1. The summed E-state index contributed by atoms with van der Waals surface area (Å²) in [7, 11) is 4.42. The van der Waals surface area contributed by atoms with Crippen molar-refractivity contribution in [2.24, 2.45) is 0 Å². The summed E-state index contributed by atoms with van der Waals surface area (Å²) in [5, 5.41) is 0.436. The Kier molecular flexibility index (Phi) is 5.08. The monoisotopic (exact) mass is 377 g/mol. The van der Waals surface area contributed by atoms with Gasteiger partial charge in [0.25, 0.3) is 5.91 Å². The van der Waals surface area contributed by atoms with Gasteiger partial charge in [-0.1, -0.05) is 11.3 Å². The van der Waals surface area contributed by atoms with Crippen LogP contribution in [0.1, 0.15) is 10.4 Å². The van der Waals surface area contributed by atoms with Gasteiger partial charge < -0.3 is 14.2 Å². The smallest absolute Gasteiger partial charge is 0.269 e. The number of amides is 1. The Morgan fingerprint density at radius 3 is 2.38 bits per heavy atom. The van der Waals surface area contributed by atoms with Gasteiger partial charge in [0.1, 0.15) is 5.82 Å². The van der Waals surface area contributed by atoms with Crippen LogP contribution in [0.25, 0.3) is 10.2 Å². The van der Waals surface area contributed by atoms with E-state index in [0.717, 1.165) is 0 Å². The minimum Gasteiger partial charge on any atom is -0.493 e. The number of benzene rings is 2. The fourth-order valence-corrected chi connectivity index (χ4v) is 3.19. The molecular formula is C17H16FN3O4S. The van der Waals surface area contributed by atoms with Crippen molar-refractivity contribution in [2.75, 3.05) is 26.8 Å². The largest absolute Gasteiger partial charge is 0.493 e. The zero-order chi connectivity index (χ0) is 18.7. The van der Waals surface area contributed by atoms with E-state index in [-0.39, 0.29) is 5.82 Å². The highest BCUT2D eigenvalue weighted by Gasteiger charge is 2.17. The second-order valence-electron chi connectivity index (χ2n) is 5.12. The van der Waals surface area contributed by atoms with E-state index in [2.05, 4.69) is 15.8 Å². The Morgan fingerprint density at radius 1 is 1.08 bits per heavy atom. The summed E-state index contributed by atoms with van der Waals surface area (Å²) in [4.78, 5) is 16.7. The van der Waals surface area contributed by atoms with Crippen LogP contribution in [0.4, 0.5) is 9.52 Å². The van der Waals surface area contributed by atoms with Gasteiger partial charge in [0.05, 0.1) is 31.5 Å². The first-order valence-corrected chi connectivity index (χ1v) is 8.29. The molecule has 0 atom stereocenters. The van der Waals surface area contributed by atoms with E-state index < -0.39 is 5.91 Å². The average molecular weight is 377 g/mol. The summed E-state index contributed by atoms with van der Waals surface area (Å²) >= 11 is 1.22. The highest BCUT2D eigenvalue weighted by molar-refractivity contribution is 7.22. The number of anilines is 1. The first-order chi connectivity index (χ1) is 12.5. The van der Waals surface area contributed by atoms with E-state index in [1.165, 1.54) is 56.9 Å². The Labute approximate surface area is 152 Å². The lowest BCUT2D eigenvalue weighted by atomic mass is 10.1. The Morgan fingerprint density at radius 2 is 1.77 bits per heavy atom. The molecular weight excluding hydrogens is 361 g/mol. The molecule has 0 unspecified atom stereocenters. The number of carbonyl (C=O) groups excluding carboxylic acids is 1. The van der Waals surface area contributed by atoms with Crippen LogP contribution in [0.15, 0.2) is 30.3 Å². The van der Waals surface area contributed by atoms with Crippen LogP contribution in [0.3, 0.4) is 0 Å². The lowest BCUT2D eigenvalue weighted by Crippen LogP contribution is -2.29. The standard InChI is InChI=1S/C17H16FN3O4S/c1-23-12-6-9(7-13(24-2)15(12)25-3)16(22)20-21-17-19-11-5-4-10(18)8-14(11)26-17/h4-8H,1-3H3,(H,19,21)(H,20,22). The van der Waals surface area contributed by atoms with E-state index in [4.69, 9.17) is 14.2 Å². The highest BCUT2D eigenvalue weighted by Crippen LogP contribution is 2.38. The van der Waals surface area contributed by atoms with Crippen molar-refractivity contribution in [1.29, 1.82) is 0 Å². The van der Waals surface area contributed by atoms with Gasteiger partial charge in [-0.25, -0.2) is 9.37 Å². The first-order valence-electron chi connectivity index (χ1n) is 7.48. The molecule has 1 aromatic heterocycles. The van der Waals surface area contributed by atoms with E-state index in [9.17, 15) is 9.18 Å². The Balaban J connectivity index is 1.78. The van der Waals surface area contributed by atoms with Crippen molar-refractivity contribution < 1.29 is 23.4 Å². The molecule has 1 heterocycles. The fourth-order valence-electron chi connectivity index (χ4n) is 2.35. The Hall–Kier alpha value is -3.07. The molecule has 0 saturated carbocycles. The number of carbonyl (C=O) groups is 1. The number of nitrogens with one attached hydrogen (secondary N) is 2. The van der Waals surface area contributed by atoms with Gasteiger partial charge in [-0.05, 0) is 30.3 Å². The van der Waals surface area contributed by atoms with Crippen LogP contribution in [0.5, 0.6) is 17.2 Å². The minimum absolute atomic E-state index is 0.305. The van der Waals surface area contributed by atoms with Crippen molar-refractivity contribution in [2.45, 2.75) is 0 Å². The maximum absolute atomic E-state index is 13.2. The summed E-state index contributed by atoms with van der Waals surface area (Å²) in [6.07, 6.45) is 0. The van der Waals surface area contributed by atoms with Gasteiger partial charge in [0, 0.05) is 5.56 Å². The van der Waals surface area contributed by atoms with E-state index in [1.807, 2.05) is 0 Å². The number of halogens is 1. The molecule has 0 spiro atoms. The van der Waals surface area contributed by atoms with E-state index in [1.54, 1.807) is 6.07 Å². The second-order valence-corrected chi connectivity index (χ2v) is 6.15. The summed E-state index contributed by atoms with van der Waals surface area (Å²) in [6, 6.07) is 7.37. The third kappa shape index (κ3) is 3.47. The van der Waals surface area contributed by atoms with Crippen LogP contribution < -0.4 is 25.1 Å². The Bertz CT molecular complexity index is 935. The molecule has 3 rings (SSSR count). The number of ether oxygens (including phenoxy) is 3. The molecule has 0 saturated heterocycles. The average Bonchev–Trinajstić information content (AvgIpc) is 3.06. The molecule has 3 aromatic rings. The summed E-state index contributed by atoms with van der Waals surface area (Å²) in [5.41, 5.74) is 6.22. The molecule has 26 heavy (non-hydrogen) atoms. The van der Waals surface area contributed by atoms with Crippen LogP contribution in [0.2, 0.25) is 0 Å². The maximum atomic E-state index is 13.2. The van der Waals surface area contributed by atoms with E-state index >= 15 is 0 Å². The zero-order valence-corrected chi connectivity index (χ0v) is 15.1. The normalized spacial score (nSPS) is 10.5. The van der Waals surface area contributed by atoms with Gasteiger partial charge in [-0.2, -0.15) is 0 Å². The van der Waals surface area contributed by atoms with Gasteiger partial charge in [0.15, 0.2) is 11.5 Å².